The van der Waals surface area contributed by atoms with Gasteiger partial charge >= 0.3 is 0 Å². The van der Waals surface area contributed by atoms with Crippen molar-refractivity contribution < 1.29 is 4.52 Å². The van der Waals surface area contributed by atoms with Crippen LogP contribution in [0.5, 0.6) is 0 Å². The maximum Gasteiger partial charge on any atom is 0.229 e. The lowest BCUT2D eigenvalue weighted by molar-refractivity contribution is 0.182. The van der Waals surface area contributed by atoms with E-state index in [4.69, 9.17) is 4.52 Å². The van der Waals surface area contributed by atoms with Crippen LogP contribution >= 0.6 is 0 Å². The topological polar surface area (TPSA) is 72.9 Å². The number of piperidine rings is 1. The molecule has 7 heteroatoms. The van der Waals surface area contributed by atoms with Gasteiger partial charge in [-0.2, -0.15) is 4.98 Å². The Kier molecular flexibility index (Phi) is 3.52. The number of hydrogen-bond donors (Lipinski definition) is 0. The van der Waals surface area contributed by atoms with Gasteiger partial charge in [-0.15, -0.1) is 10.2 Å². The molecule has 1 fully saturated rings. The molecule has 0 aromatic carbocycles. The summed E-state index contributed by atoms with van der Waals surface area (Å²) < 4.78 is 7.32. The highest BCUT2D eigenvalue weighted by atomic mass is 16.5. The Hall–Kier alpha value is -1.76. The molecule has 0 bridgehead atoms. The fourth-order valence-corrected chi connectivity index (χ4v) is 2.61. The molecular formula is C13H20N6O. The summed E-state index contributed by atoms with van der Waals surface area (Å²) in [7, 11) is 2.01. The van der Waals surface area contributed by atoms with E-state index in [1.54, 1.807) is 0 Å². The summed E-state index contributed by atoms with van der Waals surface area (Å²) in [6.07, 6.45) is 2.11. The smallest absolute Gasteiger partial charge is 0.229 e. The fraction of sp³-hybridized carbons (Fsp3) is 0.692. The van der Waals surface area contributed by atoms with E-state index >= 15 is 0 Å². The summed E-state index contributed by atoms with van der Waals surface area (Å²) in [5.74, 6) is 3.88. The van der Waals surface area contributed by atoms with Crippen molar-refractivity contribution in [3.63, 3.8) is 0 Å². The Labute approximate surface area is 118 Å². The van der Waals surface area contributed by atoms with E-state index in [1.807, 2.05) is 25.5 Å². The molecule has 1 aliphatic rings. The van der Waals surface area contributed by atoms with Crippen LogP contribution in [0.1, 0.15) is 42.1 Å². The molecule has 1 saturated heterocycles. The predicted molar refractivity (Wildman–Crippen MR) is 72.0 cm³/mol. The second-order valence-electron chi connectivity index (χ2n) is 5.45. The van der Waals surface area contributed by atoms with Gasteiger partial charge in [-0.3, -0.25) is 4.90 Å². The molecule has 2 aromatic rings. The summed E-state index contributed by atoms with van der Waals surface area (Å²) >= 11 is 0. The van der Waals surface area contributed by atoms with Crippen molar-refractivity contribution in [1.29, 1.82) is 0 Å². The van der Waals surface area contributed by atoms with Crippen LogP contribution in [0.4, 0.5) is 0 Å². The molecule has 0 amide bonds. The first-order valence-corrected chi connectivity index (χ1v) is 7.01. The SMILES string of the molecule is Cc1noc(C2CCN(Cc3nnc(C)n3C)CC2)n1. The van der Waals surface area contributed by atoms with Gasteiger partial charge in [0.2, 0.25) is 5.89 Å². The first kappa shape index (κ1) is 13.2. The number of likely N-dealkylation sites (tertiary alicyclic amines) is 1. The molecule has 0 radical (unpaired) electrons. The normalized spacial score (nSPS) is 17.8. The first-order valence-electron chi connectivity index (χ1n) is 7.01. The van der Waals surface area contributed by atoms with E-state index in [0.717, 1.165) is 55.8 Å². The Morgan fingerprint density at radius 1 is 1.20 bits per heavy atom. The first-order chi connectivity index (χ1) is 9.63. The predicted octanol–water partition coefficient (Wildman–Crippen LogP) is 1.19. The minimum atomic E-state index is 0.397. The minimum absolute atomic E-state index is 0.397. The summed E-state index contributed by atoms with van der Waals surface area (Å²) in [5, 5.41) is 12.2. The van der Waals surface area contributed by atoms with Gasteiger partial charge < -0.3 is 9.09 Å². The van der Waals surface area contributed by atoms with Crippen LogP contribution in [0.3, 0.4) is 0 Å². The number of aryl methyl sites for hydroxylation is 2. The highest BCUT2D eigenvalue weighted by Gasteiger charge is 2.25. The van der Waals surface area contributed by atoms with Crippen molar-refractivity contribution in [2.24, 2.45) is 7.05 Å². The lowest BCUT2D eigenvalue weighted by atomic mass is 9.97. The fourth-order valence-electron chi connectivity index (χ4n) is 2.61. The number of hydrogen-bond acceptors (Lipinski definition) is 6. The average molecular weight is 276 g/mol. The summed E-state index contributed by atoms with van der Waals surface area (Å²) in [5.41, 5.74) is 0. The third-order valence-corrected chi connectivity index (χ3v) is 4.03. The molecule has 3 heterocycles. The molecule has 0 atom stereocenters. The molecular weight excluding hydrogens is 256 g/mol. The van der Waals surface area contributed by atoms with Crippen LogP contribution < -0.4 is 0 Å². The molecule has 2 aromatic heterocycles. The zero-order valence-corrected chi connectivity index (χ0v) is 12.2. The van der Waals surface area contributed by atoms with Gasteiger partial charge in [0.15, 0.2) is 5.82 Å². The Morgan fingerprint density at radius 3 is 2.50 bits per heavy atom. The van der Waals surface area contributed by atoms with Crippen LogP contribution in [0.15, 0.2) is 4.52 Å². The molecule has 20 heavy (non-hydrogen) atoms. The zero-order chi connectivity index (χ0) is 14.1. The molecule has 108 valence electrons. The van der Waals surface area contributed by atoms with E-state index < -0.39 is 0 Å². The maximum atomic E-state index is 5.27. The Bertz CT molecular complexity index is 581. The van der Waals surface area contributed by atoms with Gasteiger partial charge in [0.25, 0.3) is 0 Å². The zero-order valence-electron chi connectivity index (χ0n) is 12.2. The number of aromatic nitrogens is 5. The largest absolute Gasteiger partial charge is 0.339 e. The third kappa shape index (κ3) is 2.58. The molecule has 7 nitrogen and oxygen atoms in total. The van der Waals surface area contributed by atoms with Crippen LogP contribution in [-0.4, -0.2) is 42.9 Å². The van der Waals surface area contributed by atoms with Crippen LogP contribution in [-0.2, 0) is 13.6 Å². The van der Waals surface area contributed by atoms with E-state index in [1.165, 1.54) is 0 Å². The highest BCUT2D eigenvalue weighted by molar-refractivity contribution is 4.97. The van der Waals surface area contributed by atoms with Crippen molar-refractivity contribution in [1.82, 2.24) is 29.8 Å². The summed E-state index contributed by atoms with van der Waals surface area (Å²) in [4.78, 5) is 6.74. The summed E-state index contributed by atoms with van der Waals surface area (Å²) in [6, 6.07) is 0. The number of nitrogens with zero attached hydrogens (tertiary/aromatic N) is 6. The summed E-state index contributed by atoms with van der Waals surface area (Å²) in [6.45, 7) is 6.74. The van der Waals surface area contributed by atoms with Crippen molar-refractivity contribution in [3.8, 4) is 0 Å². The standard InChI is InChI=1S/C13H20N6O/c1-9-14-13(20-17-9)11-4-6-19(7-5-11)8-12-16-15-10(2)18(12)3/h11H,4-8H2,1-3H3. The molecule has 0 N–H and O–H groups in total. The van der Waals surface area contributed by atoms with E-state index in [9.17, 15) is 0 Å². The lowest BCUT2D eigenvalue weighted by Crippen LogP contribution is -2.33. The Balaban J connectivity index is 1.57. The van der Waals surface area contributed by atoms with Crippen molar-refractivity contribution >= 4 is 0 Å². The van der Waals surface area contributed by atoms with Gasteiger partial charge in [-0.25, -0.2) is 0 Å². The molecule has 1 aliphatic heterocycles. The molecule has 0 saturated carbocycles. The van der Waals surface area contributed by atoms with Gasteiger partial charge in [-0.05, 0) is 39.8 Å². The molecule has 0 spiro atoms. The lowest BCUT2D eigenvalue weighted by Gasteiger charge is -2.29. The van der Waals surface area contributed by atoms with Gasteiger partial charge in [0, 0.05) is 13.0 Å². The second-order valence-corrected chi connectivity index (χ2v) is 5.45. The molecule has 0 aliphatic carbocycles. The van der Waals surface area contributed by atoms with Gasteiger partial charge in [0.05, 0.1) is 6.54 Å². The highest BCUT2D eigenvalue weighted by Crippen LogP contribution is 2.27. The molecule has 3 rings (SSSR count). The van der Waals surface area contributed by atoms with E-state index in [2.05, 4.69) is 25.2 Å². The minimum Gasteiger partial charge on any atom is -0.339 e. The third-order valence-electron chi connectivity index (χ3n) is 4.03. The van der Waals surface area contributed by atoms with Gasteiger partial charge in [-0.1, -0.05) is 5.16 Å². The average Bonchev–Trinajstić information content (AvgIpc) is 3.01. The molecule has 0 unspecified atom stereocenters. The van der Waals surface area contributed by atoms with Crippen LogP contribution in [0.2, 0.25) is 0 Å². The van der Waals surface area contributed by atoms with Crippen LogP contribution in [0, 0.1) is 13.8 Å². The van der Waals surface area contributed by atoms with Crippen molar-refractivity contribution in [2.75, 3.05) is 13.1 Å². The van der Waals surface area contributed by atoms with E-state index in [-0.39, 0.29) is 0 Å². The quantitative estimate of drug-likeness (QED) is 0.838. The maximum absolute atomic E-state index is 5.27. The van der Waals surface area contributed by atoms with Gasteiger partial charge in [0.1, 0.15) is 11.6 Å². The van der Waals surface area contributed by atoms with Crippen LogP contribution in [0.25, 0.3) is 0 Å². The van der Waals surface area contributed by atoms with Crippen molar-refractivity contribution in [2.45, 2.75) is 39.2 Å². The van der Waals surface area contributed by atoms with E-state index in [0.29, 0.717) is 5.92 Å². The second kappa shape index (κ2) is 5.32. The monoisotopic (exact) mass is 276 g/mol. The Morgan fingerprint density at radius 2 is 1.95 bits per heavy atom. The van der Waals surface area contributed by atoms with Crippen molar-refractivity contribution in [3.05, 3.63) is 23.4 Å². The number of rotatable bonds is 3.